The molecule has 0 radical (unpaired) electrons. The van der Waals surface area contributed by atoms with Crippen LogP contribution in [0.15, 0.2) is 60.9 Å². The Labute approximate surface area is 123 Å². The molecule has 20 heavy (non-hydrogen) atoms. The minimum Gasteiger partial charge on any atom is -0.309 e. The van der Waals surface area contributed by atoms with Crippen molar-refractivity contribution in [2.75, 3.05) is 7.05 Å². The second-order valence-electron chi connectivity index (χ2n) is 4.73. The number of fused-ring (bicyclic) bond motifs is 1. The quantitative estimate of drug-likeness (QED) is 0.779. The third-order valence-corrected chi connectivity index (χ3v) is 3.83. The van der Waals surface area contributed by atoms with E-state index in [9.17, 15) is 0 Å². The van der Waals surface area contributed by atoms with Crippen molar-refractivity contribution in [3.05, 3.63) is 77.1 Å². The Morgan fingerprint density at radius 1 is 1.05 bits per heavy atom. The highest BCUT2D eigenvalue weighted by atomic mass is 35.5. The van der Waals surface area contributed by atoms with Gasteiger partial charge in [-0.2, -0.15) is 0 Å². The Bertz CT molecular complexity index is 740. The molecule has 100 valence electrons. The summed E-state index contributed by atoms with van der Waals surface area (Å²) in [6.45, 7) is 0. The van der Waals surface area contributed by atoms with Gasteiger partial charge < -0.3 is 5.32 Å². The number of pyridine rings is 1. The predicted octanol–water partition coefficient (Wildman–Crippen LogP) is 4.20. The lowest BCUT2D eigenvalue weighted by Gasteiger charge is -2.18. The molecule has 1 aromatic heterocycles. The highest BCUT2D eigenvalue weighted by Gasteiger charge is 2.15. The summed E-state index contributed by atoms with van der Waals surface area (Å²) >= 11 is 6.26. The maximum absolute atomic E-state index is 6.26. The number of aromatic nitrogens is 1. The van der Waals surface area contributed by atoms with Crippen LogP contribution >= 0.6 is 11.6 Å². The number of benzene rings is 2. The molecule has 1 N–H and O–H groups in total. The number of halogens is 1. The van der Waals surface area contributed by atoms with Gasteiger partial charge in [-0.05, 0) is 41.1 Å². The molecule has 3 aromatic rings. The van der Waals surface area contributed by atoms with Gasteiger partial charge in [-0.3, -0.25) is 4.98 Å². The molecule has 0 bridgehead atoms. The van der Waals surface area contributed by atoms with Crippen LogP contribution in [0.2, 0.25) is 5.02 Å². The van der Waals surface area contributed by atoms with Crippen LogP contribution in [0.3, 0.4) is 0 Å². The SMILES string of the molecule is CNC(c1ccc2ccccc2c1)c1ccncc1Cl. The van der Waals surface area contributed by atoms with Gasteiger partial charge in [0.25, 0.3) is 0 Å². The first-order valence-corrected chi connectivity index (χ1v) is 6.93. The average molecular weight is 283 g/mol. The Morgan fingerprint density at radius 3 is 2.60 bits per heavy atom. The Morgan fingerprint density at radius 2 is 1.85 bits per heavy atom. The lowest BCUT2D eigenvalue weighted by atomic mass is 9.97. The molecule has 2 nitrogen and oxygen atoms in total. The van der Waals surface area contributed by atoms with Gasteiger partial charge in [-0.25, -0.2) is 0 Å². The third-order valence-electron chi connectivity index (χ3n) is 3.51. The Hall–Kier alpha value is -1.90. The monoisotopic (exact) mass is 282 g/mol. The van der Waals surface area contributed by atoms with E-state index in [1.807, 2.05) is 13.1 Å². The zero-order valence-corrected chi connectivity index (χ0v) is 11.9. The molecule has 1 unspecified atom stereocenters. The maximum Gasteiger partial charge on any atom is 0.0640 e. The average Bonchev–Trinajstić information content (AvgIpc) is 2.50. The molecule has 0 aliphatic heterocycles. The van der Waals surface area contributed by atoms with Gasteiger partial charge in [-0.1, -0.05) is 48.0 Å². The van der Waals surface area contributed by atoms with Crippen LogP contribution in [-0.2, 0) is 0 Å². The molecule has 1 heterocycles. The Balaban J connectivity index is 2.10. The summed E-state index contributed by atoms with van der Waals surface area (Å²) < 4.78 is 0. The summed E-state index contributed by atoms with van der Waals surface area (Å²) in [5.41, 5.74) is 2.23. The van der Waals surface area contributed by atoms with Gasteiger partial charge in [0.15, 0.2) is 0 Å². The van der Waals surface area contributed by atoms with Gasteiger partial charge >= 0.3 is 0 Å². The van der Waals surface area contributed by atoms with Crippen molar-refractivity contribution in [2.24, 2.45) is 0 Å². The summed E-state index contributed by atoms with van der Waals surface area (Å²) in [6, 6.07) is 16.9. The number of hydrogen-bond acceptors (Lipinski definition) is 2. The largest absolute Gasteiger partial charge is 0.309 e. The summed E-state index contributed by atoms with van der Waals surface area (Å²) in [7, 11) is 1.94. The van der Waals surface area contributed by atoms with Crippen molar-refractivity contribution in [1.29, 1.82) is 0 Å². The molecule has 0 fully saturated rings. The van der Waals surface area contributed by atoms with Crippen LogP contribution < -0.4 is 5.32 Å². The fraction of sp³-hybridized carbons (Fsp3) is 0.118. The molecular weight excluding hydrogens is 268 g/mol. The van der Waals surface area contributed by atoms with E-state index in [0.717, 1.165) is 5.56 Å². The molecule has 0 aliphatic rings. The van der Waals surface area contributed by atoms with Crippen molar-refractivity contribution in [2.45, 2.75) is 6.04 Å². The molecule has 0 saturated carbocycles. The third kappa shape index (κ3) is 2.40. The van der Waals surface area contributed by atoms with Gasteiger partial charge in [0.2, 0.25) is 0 Å². The van der Waals surface area contributed by atoms with Crippen LogP contribution in [-0.4, -0.2) is 12.0 Å². The second kappa shape index (κ2) is 5.61. The van der Waals surface area contributed by atoms with Gasteiger partial charge in [0.1, 0.15) is 0 Å². The topological polar surface area (TPSA) is 24.9 Å². The van der Waals surface area contributed by atoms with Gasteiger partial charge in [0.05, 0.1) is 11.1 Å². The van der Waals surface area contributed by atoms with E-state index in [2.05, 4.69) is 52.8 Å². The van der Waals surface area contributed by atoms with E-state index in [4.69, 9.17) is 11.6 Å². The first-order valence-electron chi connectivity index (χ1n) is 6.55. The maximum atomic E-state index is 6.26. The molecule has 2 aromatic carbocycles. The normalized spacial score (nSPS) is 12.5. The number of nitrogens with zero attached hydrogens (tertiary/aromatic N) is 1. The number of hydrogen-bond donors (Lipinski definition) is 1. The van der Waals surface area contributed by atoms with E-state index in [1.54, 1.807) is 12.4 Å². The fourth-order valence-corrected chi connectivity index (χ4v) is 2.74. The van der Waals surface area contributed by atoms with Crippen molar-refractivity contribution >= 4 is 22.4 Å². The molecule has 3 heteroatoms. The number of nitrogens with one attached hydrogen (secondary N) is 1. The van der Waals surface area contributed by atoms with E-state index in [0.29, 0.717) is 5.02 Å². The summed E-state index contributed by atoms with van der Waals surface area (Å²) in [5, 5.41) is 6.48. The molecule has 0 amide bonds. The van der Waals surface area contributed by atoms with Crippen molar-refractivity contribution < 1.29 is 0 Å². The zero-order valence-electron chi connectivity index (χ0n) is 11.2. The van der Waals surface area contributed by atoms with Gasteiger partial charge in [-0.15, -0.1) is 0 Å². The first kappa shape index (κ1) is 13.1. The van der Waals surface area contributed by atoms with Crippen molar-refractivity contribution in [1.82, 2.24) is 10.3 Å². The molecule has 0 aliphatic carbocycles. The van der Waals surface area contributed by atoms with Crippen LogP contribution in [0, 0.1) is 0 Å². The minimum atomic E-state index is 0.0649. The first-order chi connectivity index (χ1) is 9.79. The van der Waals surface area contributed by atoms with Crippen LogP contribution in [0.4, 0.5) is 0 Å². The van der Waals surface area contributed by atoms with Crippen LogP contribution in [0.25, 0.3) is 10.8 Å². The highest BCUT2D eigenvalue weighted by Crippen LogP contribution is 2.29. The molecule has 0 saturated heterocycles. The highest BCUT2D eigenvalue weighted by molar-refractivity contribution is 6.31. The summed E-state index contributed by atoms with van der Waals surface area (Å²) in [6.07, 6.45) is 3.45. The lowest BCUT2D eigenvalue weighted by molar-refractivity contribution is 0.692. The number of rotatable bonds is 3. The summed E-state index contributed by atoms with van der Waals surface area (Å²) in [5.74, 6) is 0. The van der Waals surface area contributed by atoms with Crippen molar-refractivity contribution in [3.63, 3.8) is 0 Å². The van der Waals surface area contributed by atoms with E-state index < -0.39 is 0 Å². The smallest absolute Gasteiger partial charge is 0.0640 e. The lowest BCUT2D eigenvalue weighted by Crippen LogP contribution is -2.18. The minimum absolute atomic E-state index is 0.0649. The van der Waals surface area contributed by atoms with E-state index in [1.165, 1.54) is 16.3 Å². The Kier molecular flexibility index (Phi) is 3.68. The predicted molar refractivity (Wildman–Crippen MR) is 84.1 cm³/mol. The molecular formula is C17H15ClN2. The molecule has 1 atom stereocenters. The molecule has 0 spiro atoms. The summed E-state index contributed by atoms with van der Waals surface area (Å²) in [4.78, 5) is 4.05. The fourth-order valence-electron chi connectivity index (χ4n) is 2.51. The van der Waals surface area contributed by atoms with Crippen molar-refractivity contribution in [3.8, 4) is 0 Å². The standard InChI is InChI=1S/C17H15ClN2/c1-19-17(15-8-9-20-11-16(15)18)14-7-6-12-4-2-3-5-13(12)10-14/h2-11,17,19H,1H3. The second-order valence-corrected chi connectivity index (χ2v) is 5.13. The van der Waals surface area contributed by atoms with Crippen LogP contribution in [0.5, 0.6) is 0 Å². The van der Waals surface area contributed by atoms with E-state index in [-0.39, 0.29) is 6.04 Å². The zero-order chi connectivity index (χ0) is 13.9. The van der Waals surface area contributed by atoms with Gasteiger partial charge in [0, 0.05) is 12.4 Å². The van der Waals surface area contributed by atoms with Crippen LogP contribution in [0.1, 0.15) is 17.2 Å². The van der Waals surface area contributed by atoms with E-state index >= 15 is 0 Å². The molecule has 3 rings (SSSR count).